The van der Waals surface area contributed by atoms with E-state index < -0.39 is 0 Å². The molecule has 0 aliphatic rings. The van der Waals surface area contributed by atoms with Gasteiger partial charge in [-0.2, -0.15) is 5.10 Å². The molecule has 1 heterocycles. The molecule has 0 aliphatic carbocycles. The number of aromatic nitrogens is 2. The van der Waals surface area contributed by atoms with Gasteiger partial charge in [-0.05, 0) is 50.7 Å². The predicted octanol–water partition coefficient (Wildman–Crippen LogP) is 4.49. The molecular weight excluding hydrogens is 382 g/mol. The van der Waals surface area contributed by atoms with Crippen LogP contribution < -0.4 is 5.32 Å². The van der Waals surface area contributed by atoms with Gasteiger partial charge in [0.1, 0.15) is 0 Å². The minimum absolute atomic E-state index is 0.234. The number of nitrogens with zero attached hydrogens (tertiary/aromatic N) is 2. The average Bonchev–Trinajstić information content (AvgIpc) is 2.88. The van der Waals surface area contributed by atoms with Crippen LogP contribution >= 0.6 is 31.9 Å². The van der Waals surface area contributed by atoms with Crippen LogP contribution in [0.15, 0.2) is 39.4 Å². The van der Waals surface area contributed by atoms with Crippen molar-refractivity contribution in [1.82, 2.24) is 15.1 Å². The van der Waals surface area contributed by atoms with Gasteiger partial charge in [-0.15, -0.1) is 0 Å². The molecule has 3 nitrogen and oxygen atoms in total. The number of nitrogens with one attached hydrogen (secondary N) is 1. The summed E-state index contributed by atoms with van der Waals surface area (Å²) in [5.74, 6) is 0. The van der Waals surface area contributed by atoms with Crippen LogP contribution in [0.5, 0.6) is 0 Å². The van der Waals surface area contributed by atoms with Crippen molar-refractivity contribution in [2.45, 2.75) is 32.4 Å². The minimum Gasteiger partial charge on any atom is -0.313 e. The van der Waals surface area contributed by atoms with Crippen molar-refractivity contribution in [3.05, 3.63) is 50.7 Å². The van der Waals surface area contributed by atoms with Crippen molar-refractivity contribution in [2.75, 3.05) is 7.05 Å². The summed E-state index contributed by atoms with van der Waals surface area (Å²) in [6.45, 7) is 4.27. The third-order valence-corrected chi connectivity index (χ3v) is 4.50. The second kappa shape index (κ2) is 6.87. The molecule has 0 bridgehead atoms. The van der Waals surface area contributed by atoms with Gasteiger partial charge in [0.2, 0.25) is 0 Å². The number of rotatable bonds is 5. The molecule has 1 N–H and O–H groups in total. The van der Waals surface area contributed by atoms with Crippen molar-refractivity contribution in [2.24, 2.45) is 0 Å². The van der Waals surface area contributed by atoms with Gasteiger partial charge < -0.3 is 5.32 Å². The molecule has 108 valence electrons. The van der Waals surface area contributed by atoms with Crippen LogP contribution in [0.4, 0.5) is 0 Å². The molecular formula is C15H19Br2N3. The van der Waals surface area contributed by atoms with E-state index in [1.165, 1.54) is 5.56 Å². The number of hydrogen-bond acceptors (Lipinski definition) is 2. The van der Waals surface area contributed by atoms with Crippen LogP contribution in [0.1, 0.15) is 37.2 Å². The fourth-order valence-electron chi connectivity index (χ4n) is 2.13. The summed E-state index contributed by atoms with van der Waals surface area (Å²) in [5.41, 5.74) is 2.34. The maximum Gasteiger partial charge on any atom is 0.0643 e. The molecule has 1 atom stereocenters. The van der Waals surface area contributed by atoms with Crippen LogP contribution in [0, 0.1) is 0 Å². The molecule has 1 aromatic carbocycles. The highest BCUT2D eigenvalue weighted by Gasteiger charge is 2.15. The SMILES string of the molecule is CNC(Cc1ccn(C(C)C)n1)c1cc(Br)ccc1Br. The lowest BCUT2D eigenvalue weighted by Gasteiger charge is -2.17. The maximum atomic E-state index is 4.62. The minimum atomic E-state index is 0.234. The Hall–Kier alpha value is -0.650. The van der Waals surface area contributed by atoms with Crippen LogP contribution in [0.2, 0.25) is 0 Å². The first kappa shape index (κ1) is 15.7. The maximum absolute atomic E-state index is 4.62. The summed E-state index contributed by atoms with van der Waals surface area (Å²) in [6.07, 6.45) is 2.91. The molecule has 0 saturated carbocycles. The van der Waals surface area contributed by atoms with Crippen LogP contribution in [0.3, 0.4) is 0 Å². The molecule has 0 aliphatic heterocycles. The quantitative estimate of drug-likeness (QED) is 0.800. The summed E-state index contributed by atoms with van der Waals surface area (Å²) in [6, 6.07) is 8.97. The lowest BCUT2D eigenvalue weighted by molar-refractivity contribution is 0.514. The summed E-state index contributed by atoms with van der Waals surface area (Å²) in [7, 11) is 1.98. The van der Waals surface area contributed by atoms with Gasteiger partial charge in [0.15, 0.2) is 0 Å². The first-order chi connectivity index (χ1) is 9.51. The molecule has 2 rings (SSSR count). The summed E-state index contributed by atoms with van der Waals surface area (Å²) < 4.78 is 4.20. The molecule has 0 fully saturated rings. The Kier molecular flexibility index (Phi) is 5.41. The number of hydrogen-bond donors (Lipinski definition) is 1. The molecule has 2 aromatic rings. The van der Waals surface area contributed by atoms with E-state index >= 15 is 0 Å². The standard InChI is InChI=1S/C15H19Br2N3/c1-10(2)20-7-6-12(19-20)9-15(18-3)13-8-11(16)4-5-14(13)17/h4-8,10,15,18H,9H2,1-3H3. The Morgan fingerprint density at radius 1 is 1.25 bits per heavy atom. The topological polar surface area (TPSA) is 29.9 Å². The van der Waals surface area contributed by atoms with Gasteiger partial charge in [0, 0.05) is 33.6 Å². The van der Waals surface area contributed by atoms with Gasteiger partial charge in [-0.25, -0.2) is 0 Å². The highest BCUT2D eigenvalue weighted by Crippen LogP contribution is 2.28. The normalized spacial score (nSPS) is 12.9. The summed E-state index contributed by atoms with van der Waals surface area (Å²) in [4.78, 5) is 0. The monoisotopic (exact) mass is 399 g/mol. The van der Waals surface area contributed by atoms with Gasteiger partial charge in [0.25, 0.3) is 0 Å². The average molecular weight is 401 g/mol. The Bertz CT molecular complexity index is 578. The Balaban J connectivity index is 2.21. The third-order valence-electron chi connectivity index (χ3n) is 3.29. The van der Waals surface area contributed by atoms with E-state index in [0.717, 1.165) is 21.1 Å². The Labute approximate surface area is 137 Å². The molecule has 0 saturated heterocycles. The zero-order chi connectivity index (χ0) is 14.7. The van der Waals surface area contributed by atoms with Crippen molar-refractivity contribution < 1.29 is 0 Å². The lowest BCUT2D eigenvalue weighted by atomic mass is 10.0. The van der Waals surface area contributed by atoms with E-state index in [9.17, 15) is 0 Å². The van der Waals surface area contributed by atoms with E-state index in [4.69, 9.17) is 0 Å². The third kappa shape index (κ3) is 3.71. The molecule has 5 heteroatoms. The molecule has 0 amide bonds. The summed E-state index contributed by atoms with van der Waals surface area (Å²) >= 11 is 7.16. The number of halogens is 2. The van der Waals surface area contributed by atoms with Gasteiger partial charge in [0.05, 0.1) is 5.69 Å². The van der Waals surface area contributed by atoms with Crippen molar-refractivity contribution >= 4 is 31.9 Å². The Morgan fingerprint density at radius 3 is 2.60 bits per heavy atom. The molecule has 20 heavy (non-hydrogen) atoms. The van der Waals surface area contributed by atoms with E-state index in [1.807, 2.05) is 24.0 Å². The van der Waals surface area contributed by atoms with Crippen molar-refractivity contribution in [1.29, 1.82) is 0 Å². The number of benzene rings is 1. The molecule has 1 aromatic heterocycles. The fourth-order valence-corrected chi connectivity index (χ4v) is 3.03. The second-order valence-corrected chi connectivity index (χ2v) is 6.86. The Morgan fingerprint density at radius 2 is 2.00 bits per heavy atom. The van der Waals surface area contributed by atoms with Gasteiger partial charge >= 0.3 is 0 Å². The zero-order valence-electron chi connectivity index (χ0n) is 11.9. The highest BCUT2D eigenvalue weighted by molar-refractivity contribution is 9.11. The van der Waals surface area contributed by atoms with E-state index in [1.54, 1.807) is 0 Å². The molecule has 0 radical (unpaired) electrons. The first-order valence-electron chi connectivity index (χ1n) is 6.67. The lowest BCUT2D eigenvalue weighted by Crippen LogP contribution is -2.19. The van der Waals surface area contributed by atoms with E-state index in [-0.39, 0.29) is 6.04 Å². The second-order valence-electron chi connectivity index (χ2n) is 5.09. The first-order valence-corrected chi connectivity index (χ1v) is 8.26. The van der Waals surface area contributed by atoms with Crippen LogP contribution in [-0.2, 0) is 6.42 Å². The zero-order valence-corrected chi connectivity index (χ0v) is 15.1. The van der Waals surface area contributed by atoms with Gasteiger partial charge in [-0.3, -0.25) is 4.68 Å². The largest absolute Gasteiger partial charge is 0.313 e. The number of likely N-dealkylation sites (N-methyl/N-ethyl adjacent to an activating group) is 1. The van der Waals surface area contributed by atoms with Gasteiger partial charge in [-0.1, -0.05) is 31.9 Å². The molecule has 1 unspecified atom stereocenters. The van der Waals surface area contributed by atoms with Crippen LogP contribution in [-0.4, -0.2) is 16.8 Å². The smallest absolute Gasteiger partial charge is 0.0643 e. The van der Waals surface area contributed by atoms with Crippen molar-refractivity contribution in [3.8, 4) is 0 Å². The van der Waals surface area contributed by atoms with E-state index in [2.05, 4.69) is 74.3 Å². The predicted molar refractivity (Wildman–Crippen MR) is 90.0 cm³/mol. The highest BCUT2D eigenvalue weighted by atomic mass is 79.9. The van der Waals surface area contributed by atoms with Crippen LogP contribution in [0.25, 0.3) is 0 Å². The van der Waals surface area contributed by atoms with E-state index in [0.29, 0.717) is 6.04 Å². The van der Waals surface area contributed by atoms with Crippen molar-refractivity contribution in [3.63, 3.8) is 0 Å². The summed E-state index contributed by atoms with van der Waals surface area (Å²) in [5, 5.41) is 8.00. The molecule has 0 spiro atoms. The fraction of sp³-hybridized carbons (Fsp3) is 0.400.